The Morgan fingerprint density at radius 1 is 0.583 bits per heavy atom. The Kier molecular flexibility index (Phi) is 7.09. The molecule has 24 heavy (non-hydrogen) atoms. The number of hydrogen-bond acceptors (Lipinski definition) is 2. The Bertz CT molecular complexity index is 533. The lowest BCUT2D eigenvalue weighted by atomic mass is 10.0. The first-order chi connectivity index (χ1) is 11.5. The van der Waals surface area contributed by atoms with Crippen LogP contribution in [0.25, 0.3) is 0 Å². The predicted octanol–water partition coefficient (Wildman–Crippen LogP) is 0.500. The summed E-state index contributed by atoms with van der Waals surface area (Å²) in [5.41, 5.74) is 5.16. The van der Waals surface area contributed by atoms with Crippen LogP contribution in [0.2, 0.25) is 0 Å². The van der Waals surface area contributed by atoms with Crippen LogP contribution >= 0.6 is 0 Å². The molecule has 0 aliphatic heterocycles. The molecule has 0 fully saturated rings. The van der Waals surface area contributed by atoms with Gasteiger partial charge in [-0.1, -0.05) is 24.3 Å². The smallest absolute Gasteiger partial charge is 0.150 e. The molecule has 0 unspecified atom stereocenters. The minimum atomic E-state index is 0.940. The Labute approximate surface area is 146 Å². The summed E-state index contributed by atoms with van der Waals surface area (Å²) in [7, 11) is 8.57. The summed E-state index contributed by atoms with van der Waals surface area (Å²) in [5, 5.41) is 6.85. The summed E-state index contributed by atoms with van der Waals surface area (Å²) in [4.78, 5) is 2.79. The first-order valence-corrected chi connectivity index (χ1v) is 8.76. The van der Waals surface area contributed by atoms with Crippen molar-refractivity contribution >= 4 is 11.4 Å². The van der Waals surface area contributed by atoms with Crippen LogP contribution in [0.1, 0.15) is 11.1 Å². The van der Waals surface area contributed by atoms with Crippen molar-refractivity contribution < 1.29 is 9.80 Å². The lowest BCUT2D eigenvalue weighted by molar-refractivity contribution is -0.854. The minimum Gasteiger partial charge on any atom is -0.339 e. The summed E-state index contributed by atoms with van der Waals surface area (Å²) in [5.74, 6) is 0. The molecule has 0 aliphatic rings. The minimum absolute atomic E-state index is 0.940. The lowest BCUT2D eigenvalue weighted by Crippen LogP contribution is -3.06. The van der Waals surface area contributed by atoms with Gasteiger partial charge in [-0.25, -0.2) is 0 Å². The van der Waals surface area contributed by atoms with Gasteiger partial charge < -0.3 is 20.4 Å². The van der Waals surface area contributed by atoms with Gasteiger partial charge >= 0.3 is 0 Å². The van der Waals surface area contributed by atoms with Crippen molar-refractivity contribution in [2.75, 3.05) is 52.2 Å². The number of hydrogen-bond donors (Lipinski definition) is 4. The van der Waals surface area contributed by atoms with E-state index in [0.717, 1.165) is 26.2 Å². The average Bonchev–Trinajstić information content (AvgIpc) is 2.58. The van der Waals surface area contributed by atoms with E-state index in [1.165, 1.54) is 32.3 Å². The first kappa shape index (κ1) is 18.3. The van der Waals surface area contributed by atoms with Crippen molar-refractivity contribution in [3.8, 4) is 0 Å². The van der Waals surface area contributed by atoms with Crippen LogP contribution in [0.4, 0.5) is 11.4 Å². The van der Waals surface area contributed by atoms with Gasteiger partial charge in [0.1, 0.15) is 13.3 Å². The molecule has 0 atom stereocenters. The van der Waals surface area contributed by atoms with Gasteiger partial charge in [-0.2, -0.15) is 0 Å². The molecule has 0 heterocycles. The molecular weight excluding hydrogens is 296 g/mol. The Balaban J connectivity index is 1.80. The van der Waals surface area contributed by atoms with Crippen LogP contribution < -0.4 is 20.4 Å². The van der Waals surface area contributed by atoms with E-state index in [2.05, 4.69) is 87.4 Å². The molecule has 0 saturated heterocycles. The maximum Gasteiger partial charge on any atom is 0.150 e. The van der Waals surface area contributed by atoms with E-state index < -0.39 is 0 Å². The number of benzene rings is 2. The molecule has 130 valence electrons. The molecule has 2 aromatic rings. The van der Waals surface area contributed by atoms with Crippen molar-refractivity contribution in [1.29, 1.82) is 0 Å². The summed E-state index contributed by atoms with van der Waals surface area (Å²) >= 11 is 0. The lowest BCUT2D eigenvalue weighted by Gasteiger charge is -2.11. The molecule has 4 N–H and O–H groups in total. The Hall–Kier alpha value is -2.04. The number of nitrogens with one attached hydrogen (secondary N) is 4. The Morgan fingerprint density at radius 3 is 1.21 bits per heavy atom. The van der Waals surface area contributed by atoms with Crippen molar-refractivity contribution in [3.63, 3.8) is 0 Å². The highest BCUT2D eigenvalue weighted by Crippen LogP contribution is 2.14. The van der Waals surface area contributed by atoms with Crippen LogP contribution in [-0.4, -0.2) is 41.5 Å². The summed E-state index contributed by atoms with van der Waals surface area (Å²) < 4.78 is 0. The van der Waals surface area contributed by atoms with E-state index in [9.17, 15) is 0 Å². The quantitative estimate of drug-likeness (QED) is 0.506. The van der Waals surface area contributed by atoms with Crippen molar-refractivity contribution in [1.82, 2.24) is 0 Å². The van der Waals surface area contributed by atoms with Gasteiger partial charge in [0, 0.05) is 11.4 Å². The second-order valence-corrected chi connectivity index (χ2v) is 7.02. The second-order valence-electron chi connectivity index (χ2n) is 7.02. The molecular formula is C20H32N4+2. The number of quaternary nitrogens is 2. The van der Waals surface area contributed by atoms with Crippen LogP contribution in [0.5, 0.6) is 0 Å². The third kappa shape index (κ3) is 6.60. The van der Waals surface area contributed by atoms with Crippen LogP contribution in [0.3, 0.4) is 0 Å². The van der Waals surface area contributed by atoms with Gasteiger partial charge in [-0.3, -0.25) is 0 Å². The molecule has 0 radical (unpaired) electrons. The highest BCUT2D eigenvalue weighted by Gasteiger charge is 2.00. The molecule has 0 amide bonds. The summed E-state index contributed by atoms with van der Waals surface area (Å²) in [6, 6.07) is 17.6. The van der Waals surface area contributed by atoms with Gasteiger partial charge in [0.15, 0.2) is 0 Å². The van der Waals surface area contributed by atoms with Crippen molar-refractivity contribution in [2.24, 2.45) is 0 Å². The monoisotopic (exact) mass is 328 g/mol. The fourth-order valence-corrected chi connectivity index (χ4v) is 2.42. The topological polar surface area (TPSA) is 32.9 Å². The third-order valence-electron chi connectivity index (χ3n) is 3.90. The zero-order valence-corrected chi connectivity index (χ0v) is 15.4. The number of anilines is 2. The Morgan fingerprint density at radius 2 is 0.917 bits per heavy atom. The van der Waals surface area contributed by atoms with E-state index in [1.807, 2.05) is 0 Å². The van der Waals surface area contributed by atoms with E-state index in [0.29, 0.717) is 0 Å². The molecule has 4 nitrogen and oxygen atoms in total. The molecule has 2 aromatic carbocycles. The summed E-state index contributed by atoms with van der Waals surface area (Å²) in [6.07, 6.45) is 2.15. The van der Waals surface area contributed by atoms with E-state index in [1.54, 1.807) is 0 Å². The van der Waals surface area contributed by atoms with E-state index in [-0.39, 0.29) is 0 Å². The fraction of sp³-hybridized carbons (Fsp3) is 0.400. The van der Waals surface area contributed by atoms with Crippen LogP contribution in [-0.2, 0) is 12.8 Å². The summed E-state index contributed by atoms with van der Waals surface area (Å²) in [6.45, 7) is 1.88. The maximum atomic E-state index is 3.43. The van der Waals surface area contributed by atoms with Gasteiger partial charge in [0.2, 0.25) is 0 Å². The zero-order valence-electron chi connectivity index (χ0n) is 15.4. The highest BCUT2D eigenvalue weighted by molar-refractivity contribution is 5.45. The number of rotatable bonds is 9. The van der Waals surface area contributed by atoms with Crippen molar-refractivity contribution in [3.05, 3.63) is 59.7 Å². The fourth-order valence-electron chi connectivity index (χ4n) is 2.42. The molecule has 0 bridgehead atoms. The normalized spacial score (nSPS) is 11.1. The van der Waals surface area contributed by atoms with Crippen LogP contribution in [0, 0.1) is 0 Å². The number of aryl methyl sites for hydroxylation is 2. The zero-order chi connectivity index (χ0) is 17.4. The predicted molar refractivity (Wildman–Crippen MR) is 103 cm³/mol. The standard InChI is InChI=1S/C20H30N4/c1-23(2)15-21-19-11-7-17(8-12-19)5-6-18-9-13-20(14-10-18)22-16-24(3)4/h7-14,21-22H,5-6,15-16H2,1-4H3/p+2. The van der Waals surface area contributed by atoms with Crippen LogP contribution in [0.15, 0.2) is 48.5 Å². The van der Waals surface area contributed by atoms with E-state index >= 15 is 0 Å². The first-order valence-electron chi connectivity index (χ1n) is 8.76. The highest BCUT2D eigenvalue weighted by atomic mass is 15.2. The van der Waals surface area contributed by atoms with Gasteiger partial charge in [0.25, 0.3) is 0 Å². The van der Waals surface area contributed by atoms with Gasteiger partial charge in [0.05, 0.1) is 28.2 Å². The molecule has 2 rings (SSSR count). The SMILES string of the molecule is C[NH+](C)CNc1ccc(CCc2ccc(NC[NH+](C)C)cc2)cc1. The van der Waals surface area contributed by atoms with Crippen molar-refractivity contribution in [2.45, 2.75) is 12.8 Å². The molecule has 0 spiro atoms. The van der Waals surface area contributed by atoms with E-state index in [4.69, 9.17) is 0 Å². The molecule has 0 saturated carbocycles. The third-order valence-corrected chi connectivity index (χ3v) is 3.90. The molecule has 0 aromatic heterocycles. The maximum absolute atomic E-state index is 3.43. The van der Waals surface area contributed by atoms with Gasteiger partial charge in [-0.15, -0.1) is 0 Å². The molecule has 0 aliphatic carbocycles. The largest absolute Gasteiger partial charge is 0.339 e. The van der Waals surface area contributed by atoms with Gasteiger partial charge in [-0.05, 0) is 48.2 Å². The molecule has 4 heteroatoms. The average molecular weight is 329 g/mol. The second kappa shape index (κ2) is 9.30.